The number of benzene rings is 2. The Morgan fingerprint density at radius 2 is 1.79 bits per heavy atom. The van der Waals surface area contributed by atoms with E-state index in [1.807, 2.05) is 48.7 Å². The molecular formula is C16H11ClOS. The van der Waals surface area contributed by atoms with Crippen LogP contribution in [-0.2, 0) is 0 Å². The SMILES string of the molecule is Cc1ccsc1C(=O)c1ccc(Cl)c2ccccc12. The van der Waals surface area contributed by atoms with Gasteiger partial charge in [0.1, 0.15) is 0 Å². The Morgan fingerprint density at radius 1 is 1.05 bits per heavy atom. The van der Waals surface area contributed by atoms with E-state index in [9.17, 15) is 4.79 Å². The molecule has 0 radical (unpaired) electrons. The predicted molar refractivity (Wildman–Crippen MR) is 81.4 cm³/mol. The van der Waals surface area contributed by atoms with Crippen molar-refractivity contribution in [2.45, 2.75) is 6.92 Å². The van der Waals surface area contributed by atoms with Crippen molar-refractivity contribution in [1.82, 2.24) is 0 Å². The molecule has 0 saturated heterocycles. The molecule has 0 bridgehead atoms. The molecule has 0 unspecified atom stereocenters. The van der Waals surface area contributed by atoms with Gasteiger partial charge in [-0.3, -0.25) is 4.79 Å². The summed E-state index contributed by atoms with van der Waals surface area (Å²) in [7, 11) is 0. The number of ketones is 1. The number of hydrogen-bond donors (Lipinski definition) is 0. The van der Waals surface area contributed by atoms with E-state index in [4.69, 9.17) is 11.6 Å². The Kier molecular flexibility index (Phi) is 3.13. The van der Waals surface area contributed by atoms with Gasteiger partial charge in [-0.15, -0.1) is 11.3 Å². The topological polar surface area (TPSA) is 17.1 Å². The highest BCUT2D eigenvalue weighted by molar-refractivity contribution is 7.12. The van der Waals surface area contributed by atoms with Crippen LogP contribution in [0.15, 0.2) is 47.8 Å². The smallest absolute Gasteiger partial charge is 0.203 e. The van der Waals surface area contributed by atoms with Gasteiger partial charge in [0.2, 0.25) is 5.78 Å². The number of carbonyl (C=O) groups is 1. The molecule has 1 aromatic heterocycles. The lowest BCUT2D eigenvalue weighted by molar-refractivity contribution is 0.104. The van der Waals surface area contributed by atoms with Gasteiger partial charge >= 0.3 is 0 Å². The van der Waals surface area contributed by atoms with Crippen LogP contribution in [-0.4, -0.2) is 5.78 Å². The number of aryl methyl sites for hydroxylation is 1. The molecule has 3 aromatic rings. The summed E-state index contributed by atoms with van der Waals surface area (Å²) in [6.07, 6.45) is 0. The van der Waals surface area contributed by atoms with Crippen molar-refractivity contribution in [1.29, 1.82) is 0 Å². The summed E-state index contributed by atoms with van der Waals surface area (Å²) in [5, 5.41) is 4.45. The zero-order valence-electron chi connectivity index (χ0n) is 10.3. The molecule has 94 valence electrons. The minimum Gasteiger partial charge on any atom is -0.288 e. The number of carbonyl (C=O) groups excluding carboxylic acids is 1. The molecule has 19 heavy (non-hydrogen) atoms. The zero-order valence-corrected chi connectivity index (χ0v) is 11.9. The Balaban J connectivity index is 2.24. The van der Waals surface area contributed by atoms with Crippen LogP contribution in [0, 0.1) is 6.92 Å². The van der Waals surface area contributed by atoms with E-state index in [2.05, 4.69) is 0 Å². The monoisotopic (exact) mass is 286 g/mol. The number of hydrogen-bond acceptors (Lipinski definition) is 2. The first-order valence-corrected chi connectivity index (χ1v) is 7.20. The summed E-state index contributed by atoms with van der Waals surface area (Å²) in [6, 6.07) is 13.3. The molecule has 2 aromatic carbocycles. The minimum atomic E-state index is 0.0698. The third kappa shape index (κ3) is 2.07. The lowest BCUT2D eigenvalue weighted by Gasteiger charge is -2.07. The molecule has 0 aliphatic heterocycles. The molecule has 3 heteroatoms. The third-order valence-corrected chi connectivity index (χ3v) is 4.53. The van der Waals surface area contributed by atoms with Crippen molar-refractivity contribution >= 4 is 39.5 Å². The summed E-state index contributed by atoms with van der Waals surface area (Å²) in [6.45, 7) is 1.96. The fraction of sp³-hybridized carbons (Fsp3) is 0.0625. The van der Waals surface area contributed by atoms with E-state index in [0.29, 0.717) is 10.6 Å². The van der Waals surface area contributed by atoms with Crippen LogP contribution in [0.2, 0.25) is 5.02 Å². The van der Waals surface area contributed by atoms with Gasteiger partial charge < -0.3 is 0 Å². The molecular weight excluding hydrogens is 276 g/mol. The van der Waals surface area contributed by atoms with Gasteiger partial charge in [-0.25, -0.2) is 0 Å². The second-order valence-corrected chi connectivity index (χ2v) is 5.73. The highest BCUT2D eigenvalue weighted by Crippen LogP contribution is 2.29. The van der Waals surface area contributed by atoms with Gasteiger partial charge in [0, 0.05) is 16.0 Å². The maximum Gasteiger partial charge on any atom is 0.203 e. The molecule has 0 amide bonds. The van der Waals surface area contributed by atoms with Crippen molar-refractivity contribution in [3.63, 3.8) is 0 Å². The second kappa shape index (κ2) is 4.80. The molecule has 0 atom stereocenters. The third-order valence-electron chi connectivity index (χ3n) is 3.18. The number of fused-ring (bicyclic) bond motifs is 1. The summed E-state index contributed by atoms with van der Waals surface area (Å²) in [5.74, 6) is 0.0698. The highest BCUT2D eigenvalue weighted by atomic mass is 35.5. The van der Waals surface area contributed by atoms with Gasteiger partial charge in [-0.2, -0.15) is 0 Å². The summed E-state index contributed by atoms with van der Waals surface area (Å²) < 4.78 is 0. The molecule has 0 fully saturated rings. The van der Waals surface area contributed by atoms with Crippen molar-refractivity contribution < 1.29 is 4.79 Å². The largest absolute Gasteiger partial charge is 0.288 e. The predicted octanol–water partition coefficient (Wildman–Crippen LogP) is 5.09. The van der Waals surface area contributed by atoms with E-state index in [-0.39, 0.29) is 5.78 Å². The molecule has 1 nitrogen and oxygen atoms in total. The van der Waals surface area contributed by atoms with Crippen LogP contribution in [0.4, 0.5) is 0 Å². The standard InChI is InChI=1S/C16H11ClOS/c1-10-8-9-19-16(10)15(18)13-6-7-14(17)12-5-3-2-4-11(12)13/h2-9H,1H3. The second-order valence-electron chi connectivity index (χ2n) is 4.40. The molecule has 0 saturated carbocycles. The average molecular weight is 287 g/mol. The van der Waals surface area contributed by atoms with Gasteiger partial charge in [0.15, 0.2) is 0 Å². The zero-order chi connectivity index (χ0) is 13.4. The molecule has 0 aliphatic carbocycles. The van der Waals surface area contributed by atoms with E-state index >= 15 is 0 Å². The fourth-order valence-corrected chi connectivity index (χ4v) is 3.29. The molecule has 0 spiro atoms. The van der Waals surface area contributed by atoms with Crippen molar-refractivity contribution in [3.05, 3.63) is 68.9 Å². The van der Waals surface area contributed by atoms with E-state index in [1.54, 1.807) is 6.07 Å². The van der Waals surface area contributed by atoms with Crippen molar-refractivity contribution in [3.8, 4) is 0 Å². The van der Waals surface area contributed by atoms with Crippen LogP contribution in [0.3, 0.4) is 0 Å². The quantitative estimate of drug-likeness (QED) is 0.599. The lowest BCUT2D eigenvalue weighted by atomic mass is 9.99. The summed E-state index contributed by atoms with van der Waals surface area (Å²) in [5.41, 5.74) is 1.74. The van der Waals surface area contributed by atoms with E-state index < -0.39 is 0 Å². The number of thiophene rings is 1. The van der Waals surface area contributed by atoms with Crippen LogP contribution in [0.25, 0.3) is 10.8 Å². The van der Waals surface area contributed by atoms with Gasteiger partial charge in [-0.05, 0) is 41.5 Å². The number of halogens is 1. The highest BCUT2D eigenvalue weighted by Gasteiger charge is 2.16. The first-order valence-electron chi connectivity index (χ1n) is 5.94. The molecule has 3 rings (SSSR count). The molecule has 0 N–H and O–H groups in total. The molecule has 1 heterocycles. The van der Waals surface area contributed by atoms with Crippen molar-refractivity contribution in [2.75, 3.05) is 0 Å². The maximum absolute atomic E-state index is 12.6. The lowest BCUT2D eigenvalue weighted by Crippen LogP contribution is -2.01. The van der Waals surface area contributed by atoms with E-state index in [0.717, 1.165) is 21.2 Å². The van der Waals surface area contributed by atoms with Gasteiger partial charge in [0.25, 0.3) is 0 Å². The summed E-state index contributed by atoms with van der Waals surface area (Å²) >= 11 is 7.66. The Morgan fingerprint density at radius 3 is 2.47 bits per heavy atom. The Bertz CT molecular complexity index is 773. The minimum absolute atomic E-state index is 0.0698. The maximum atomic E-state index is 12.6. The Labute approximate surface area is 120 Å². The normalized spacial score (nSPS) is 10.8. The van der Waals surface area contributed by atoms with Gasteiger partial charge in [-0.1, -0.05) is 35.9 Å². The van der Waals surface area contributed by atoms with Crippen LogP contribution < -0.4 is 0 Å². The first-order chi connectivity index (χ1) is 9.18. The van der Waals surface area contributed by atoms with Gasteiger partial charge in [0.05, 0.1) is 4.88 Å². The van der Waals surface area contributed by atoms with Crippen LogP contribution in [0.1, 0.15) is 20.8 Å². The average Bonchev–Trinajstić information content (AvgIpc) is 2.85. The Hall–Kier alpha value is -1.64. The first kappa shape index (κ1) is 12.4. The van der Waals surface area contributed by atoms with Crippen molar-refractivity contribution in [2.24, 2.45) is 0 Å². The molecule has 0 aliphatic rings. The van der Waals surface area contributed by atoms with E-state index in [1.165, 1.54) is 11.3 Å². The fourth-order valence-electron chi connectivity index (χ4n) is 2.19. The number of rotatable bonds is 2. The van der Waals surface area contributed by atoms with Crippen LogP contribution >= 0.6 is 22.9 Å². The summed E-state index contributed by atoms with van der Waals surface area (Å²) in [4.78, 5) is 13.4. The van der Waals surface area contributed by atoms with Crippen LogP contribution in [0.5, 0.6) is 0 Å².